The van der Waals surface area contributed by atoms with Gasteiger partial charge < -0.3 is 9.80 Å². The number of sulfonamides is 1. The van der Waals surface area contributed by atoms with Crippen LogP contribution in [0.1, 0.15) is 29.4 Å². The molecule has 3 aromatic rings. The lowest BCUT2D eigenvalue weighted by atomic mass is 10.1. The van der Waals surface area contributed by atoms with E-state index in [1.165, 1.54) is 9.87 Å². The molecule has 8 nitrogen and oxygen atoms in total. The van der Waals surface area contributed by atoms with Gasteiger partial charge in [0.05, 0.1) is 17.1 Å². The molecule has 0 spiro atoms. The Morgan fingerprint density at radius 1 is 1.00 bits per heavy atom. The van der Waals surface area contributed by atoms with Gasteiger partial charge in [-0.1, -0.05) is 35.4 Å². The summed E-state index contributed by atoms with van der Waals surface area (Å²) in [6.07, 6.45) is 0. The highest BCUT2D eigenvalue weighted by Gasteiger charge is 2.34. The van der Waals surface area contributed by atoms with Crippen LogP contribution in [0.5, 0.6) is 0 Å². The number of amides is 1. The highest BCUT2D eigenvalue weighted by Crippen LogP contribution is 2.28. The number of piperazine rings is 1. The number of hydrogen-bond acceptors (Lipinski definition) is 5. The number of H-pyrrole nitrogens is 1. The minimum Gasteiger partial charge on any atom is -0.365 e. The molecule has 1 aliphatic heterocycles. The molecule has 35 heavy (non-hydrogen) atoms. The summed E-state index contributed by atoms with van der Waals surface area (Å²) in [5.41, 5.74) is 4.63. The van der Waals surface area contributed by atoms with Gasteiger partial charge in [-0.15, -0.1) is 0 Å². The predicted molar refractivity (Wildman–Crippen MR) is 138 cm³/mol. The zero-order chi connectivity index (χ0) is 25.3. The Labute approximate surface area is 207 Å². The molecular weight excluding hydrogens is 462 g/mol. The van der Waals surface area contributed by atoms with Crippen LogP contribution >= 0.6 is 0 Å². The van der Waals surface area contributed by atoms with Crippen LogP contribution < -0.4 is 9.21 Å². The quantitative estimate of drug-likeness (QED) is 0.565. The molecule has 2 aromatic carbocycles. The van der Waals surface area contributed by atoms with Gasteiger partial charge in [-0.3, -0.25) is 14.2 Å². The van der Waals surface area contributed by atoms with E-state index in [9.17, 15) is 13.2 Å². The van der Waals surface area contributed by atoms with E-state index in [4.69, 9.17) is 0 Å². The predicted octanol–water partition coefficient (Wildman–Crippen LogP) is 3.58. The summed E-state index contributed by atoms with van der Waals surface area (Å²) < 4.78 is 28.7. The second-order valence-corrected chi connectivity index (χ2v) is 11.1. The molecule has 2 heterocycles. The van der Waals surface area contributed by atoms with Gasteiger partial charge in [0.2, 0.25) is 5.91 Å². The van der Waals surface area contributed by atoms with Crippen molar-refractivity contribution in [3.63, 3.8) is 0 Å². The summed E-state index contributed by atoms with van der Waals surface area (Å²) in [5, 5.41) is 6.81. The van der Waals surface area contributed by atoms with E-state index in [1.54, 1.807) is 30.9 Å². The molecule has 1 unspecified atom stereocenters. The smallest absolute Gasteiger partial charge is 0.268 e. The number of carbonyl (C=O) groups is 1. The monoisotopic (exact) mass is 495 g/mol. The molecule has 4 rings (SSSR count). The molecule has 1 aliphatic rings. The van der Waals surface area contributed by atoms with Crippen molar-refractivity contribution < 1.29 is 13.2 Å². The third kappa shape index (κ3) is 5.05. The van der Waals surface area contributed by atoms with Gasteiger partial charge in [0.1, 0.15) is 11.4 Å². The summed E-state index contributed by atoms with van der Waals surface area (Å²) in [7, 11) is -4.01. The van der Waals surface area contributed by atoms with E-state index >= 15 is 0 Å². The van der Waals surface area contributed by atoms with Crippen LogP contribution in [0, 0.1) is 27.7 Å². The fourth-order valence-corrected chi connectivity index (χ4v) is 6.34. The Morgan fingerprint density at radius 3 is 2.14 bits per heavy atom. The Morgan fingerprint density at radius 2 is 1.60 bits per heavy atom. The first-order valence-electron chi connectivity index (χ1n) is 11.8. The normalized spacial score (nSPS) is 16.4. The lowest BCUT2D eigenvalue weighted by Gasteiger charge is -2.42. The van der Waals surface area contributed by atoms with Crippen LogP contribution in [0.15, 0.2) is 53.4 Å². The third-order valence-corrected chi connectivity index (χ3v) is 8.59. The molecule has 1 amide bonds. The maximum absolute atomic E-state index is 13.8. The topological polar surface area (TPSA) is 89.6 Å². The van der Waals surface area contributed by atoms with Crippen molar-refractivity contribution in [2.24, 2.45) is 0 Å². The number of benzene rings is 2. The number of nitrogens with zero attached hydrogens (tertiary/aromatic N) is 4. The number of carbonyl (C=O) groups excluding carboxylic acids is 1. The van der Waals surface area contributed by atoms with Crippen molar-refractivity contribution in [3.8, 4) is 0 Å². The van der Waals surface area contributed by atoms with Crippen molar-refractivity contribution in [3.05, 3.63) is 71.0 Å². The Hall–Kier alpha value is -3.33. The standard InChI is InChI=1S/C26H33N5O3S/c1-18-6-10-23(11-7-18)30-15-14-29(16-20(30)3)25(32)17-31(24-12-8-19(2)9-13-24)35(33,34)26-21(4)27-28-22(26)5/h6-13,20H,14-17H2,1-5H3,(H,27,28). The van der Waals surface area contributed by atoms with E-state index < -0.39 is 10.0 Å². The Bertz CT molecular complexity index is 1280. The van der Waals surface area contributed by atoms with E-state index in [2.05, 4.69) is 53.2 Å². The molecule has 1 N–H and O–H groups in total. The van der Waals surface area contributed by atoms with Crippen LogP contribution in [0.3, 0.4) is 0 Å². The van der Waals surface area contributed by atoms with Crippen LogP contribution in [0.4, 0.5) is 11.4 Å². The number of aryl methyl sites for hydroxylation is 4. The molecule has 0 aliphatic carbocycles. The van der Waals surface area contributed by atoms with Gasteiger partial charge in [-0.05, 0) is 58.9 Å². The van der Waals surface area contributed by atoms with E-state index in [0.717, 1.165) is 11.3 Å². The largest absolute Gasteiger partial charge is 0.365 e. The van der Waals surface area contributed by atoms with Gasteiger partial charge in [-0.25, -0.2) is 8.42 Å². The number of hydrogen-bond donors (Lipinski definition) is 1. The second-order valence-electron chi connectivity index (χ2n) is 9.33. The fourth-order valence-electron chi connectivity index (χ4n) is 4.58. The van der Waals surface area contributed by atoms with Gasteiger partial charge >= 0.3 is 0 Å². The minimum atomic E-state index is -4.01. The van der Waals surface area contributed by atoms with Crippen LogP contribution in [-0.2, 0) is 14.8 Å². The van der Waals surface area contributed by atoms with E-state index in [1.807, 2.05) is 19.1 Å². The van der Waals surface area contributed by atoms with E-state index in [-0.39, 0.29) is 23.4 Å². The van der Waals surface area contributed by atoms with Gasteiger partial charge in [0.15, 0.2) is 0 Å². The third-order valence-electron chi connectivity index (χ3n) is 6.56. The lowest BCUT2D eigenvalue weighted by molar-refractivity contribution is -0.130. The molecule has 1 fully saturated rings. The molecule has 9 heteroatoms. The number of aromatic nitrogens is 2. The minimum absolute atomic E-state index is 0.109. The summed E-state index contributed by atoms with van der Waals surface area (Å²) >= 11 is 0. The van der Waals surface area contributed by atoms with Crippen molar-refractivity contribution in [1.82, 2.24) is 15.1 Å². The van der Waals surface area contributed by atoms with Crippen molar-refractivity contribution >= 4 is 27.3 Å². The maximum atomic E-state index is 13.8. The first-order valence-corrected chi connectivity index (χ1v) is 13.2. The lowest BCUT2D eigenvalue weighted by Crippen LogP contribution is -2.55. The average Bonchev–Trinajstić information content (AvgIpc) is 3.17. The van der Waals surface area contributed by atoms with Crippen LogP contribution in [0.25, 0.3) is 0 Å². The molecule has 1 aromatic heterocycles. The first kappa shape index (κ1) is 24.8. The van der Waals surface area contributed by atoms with Crippen molar-refractivity contribution in [2.45, 2.75) is 45.6 Å². The Kier molecular flexibility index (Phi) is 6.89. The molecule has 0 saturated carbocycles. The summed E-state index contributed by atoms with van der Waals surface area (Å²) in [5.74, 6) is -0.219. The first-order chi connectivity index (χ1) is 16.6. The number of rotatable bonds is 6. The molecule has 1 atom stereocenters. The van der Waals surface area contributed by atoms with Gasteiger partial charge in [-0.2, -0.15) is 5.10 Å². The number of anilines is 2. The fraction of sp³-hybridized carbons (Fsp3) is 0.385. The summed E-state index contributed by atoms with van der Waals surface area (Å²) in [6, 6.07) is 15.7. The van der Waals surface area contributed by atoms with Crippen molar-refractivity contribution in [1.29, 1.82) is 0 Å². The van der Waals surface area contributed by atoms with Crippen molar-refractivity contribution in [2.75, 3.05) is 35.4 Å². The Balaban J connectivity index is 1.57. The zero-order valence-corrected chi connectivity index (χ0v) is 21.8. The highest BCUT2D eigenvalue weighted by molar-refractivity contribution is 7.93. The highest BCUT2D eigenvalue weighted by atomic mass is 32.2. The van der Waals surface area contributed by atoms with Crippen LogP contribution in [0.2, 0.25) is 0 Å². The maximum Gasteiger partial charge on any atom is 0.268 e. The van der Waals surface area contributed by atoms with Crippen LogP contribution in [-0.4, -0.2) is 61.6 Å². The second kappa shape index (κ2) is 9.73. The number of nitrogens with one attached hydrogen (secondary N) is 1. The molecule has 1 saturated heterocycles. The van der Waals surface area contributed by atoms with Gasteiger partial charge in [0.25, 0.3) is 10.0 Å². The molecule has 0 bridgehead atoms. The van der Waals surface area contributed by atoms with E-state index in [0.29, 0.717) is 36.7 Å². The SMILES string of the molecule is Cc1ccc(N2CCN(C(=O)CN(c3ccc(C)cc3)S(=O)(=O)c3c(C)n[nH]c3C)CC2C)cc1. The summed E-state index contributed by atoms with van der Waals surface area (Å²) in [4.78, 5) is 17.6. The van der Waals surface area contributed by atoms with Gasteiger partial charge in [0, 0.05) is 31.4 Å². The molecule has 186 valence electrons. The average molecular weight is 496 g/mol. The molecule has 0 radical (unpaired) electrons. The summed E-state index contributed by atoms with van der Waals surface area (Å²) in [6.45, 7) is 10.9. The molecular formula is C26H33N5O3S. The number of aromatic amines is 1. The zero-order valence-electron chi connectivity index (χ0n) is 20.9.